The second-order valence-electron chi connectivity index (χ2n) is 7.81. The molecule has 0 bridgehead atoms. The van der Waals surface area contributed by atoms with Crippen LogP contribution in [0, 0.1) is 13.8 Å². The maximum Gasteiger partial charge on any atom is 1.00 e. The largest absolute Gasteiger partial charge is 1.00 e. The molecule has 176 valence electrons. The molecule has 0 spiro atoms. The summed E-state index contributed by atoms with van der Waals surface area (Å²) in [5.74, 6) is 0.535. The Balaban J connectivity index is 0.00000342. The first-order chi connectivity index (χ1) is 16.5. The van der Waals surface area contributed by atoms with Crippen molar-refractivity contribution < 1.29 is 48.7 Å². The van der Waals surface area contributed by atoms with E-state index in [4.69, 9.17) is 19.1 Å². The van der Waals surface area contributed by atoms with Crippen LogP contribution in [0.15, 0.2) is 74.8 Å². The van der Waals surface area contributed by atoms with Gasteiger partial charge in [0.2, 0.25) is 0 Å². The van der Waals surface area contributed by atoms with E-state index in [1.807, 2.05) is 31.2 Å². The summed E-state index contributed by atoms with van der Waals surface area (Å²) >= 11 is 0. The van der Waals surface area contributed by atoms with E-state index in [1.54, 1.807) is 24.3 Å². The molecule has 9 heteroatoms. The molecule has 0 amide bonds. The summed E-state index contributed by atoms with van der Waals surface area (Å²) in [4.78, 5) is 25.8. The van der Waals surface area contributed by atoms with E-state index in [-0.39, 0.29) is 49.3 Å². The van der Waals surface area contributed by atoms with Gasteiger partial charge in [-0.05, 0) is 65.4 Å². The van der Waals surface area contributed by atoms with Gasteiger partial charge in [0.15, 0.2) is 5.69 Å². The van der Waals surface area contributed by atoms with Gasteiger partial charge >= 0.3 is 35.3 Å². The van der Waals surface area contributed by atoms with Crippen LogP contribution in [-0.4, -0.2) is 23.1 Å². The summed E-state index contributed by atoms with van der Waals surface area (Å²) < 4.78 is 17.3. The molecule has 0 fully saturated rings. The maximum absolute atomic E-state index is 11.5. The first-order valence-electron chi connectivity index (χ1n) is 10.9. The zero-order chi connectivity index (χ0) is 24.1. The van der Waals surface area contributed by atoms with Gasteiger partial charge in [0.1, 0.15) is 24.7 Å². The molecule has 0 saturated heterocycles. The Morgan fingerprint density at radius 3 is 2.26 bits per heavy atom. The molecule has 0 atom stereocenters. The molecule has 0 aliphatic rings. The van der Waals surface area contributed by atoms with Crippen LogP contribution in [-0.2, 0) is 13.2 Å². The van der Waals surface area contributed by atoms with E-state index in [1.165, 1.54) is 0 Å². The summed E-state index contributed by atoms with van der Waals surface area (Å²) in [6, 6.07) is 19.2. The van der Waals surface area contributed by atoms with E-state index in [0.717, 1.165) is 43.9 Å². The molecule has 4 rings (SSSR count). The number of rotatable bonds is 9. The molecule has 8 nitrogen and oxygen atoms in total. The Kier molecular flexibility index (Phi) is 9.17. The van der Waals surface area contributed by atoms with E-state index >= 15 is 0 Å². The fraction of sp³-hybridized carbons (Fsp3) is 0.231. The van der Waals surface area contributed by atoms with Gasteiger partial charge < -0.3 is 24.1 Å². The average Bonchev–Trinajstić information content (AvgIpc) is 3.15. The van der Waals surface area contributed by atoms with Crippen molar-refractivity contribution in [2.24, 2.45) is 0 Å². The topological polar surface area (TPSA) is 105 Å². The number of hydrogen-bond donors (Lipinski definition) is 1. The number of aliphatic hydroxyl groups is 1. The van der Waals surface area contributed by atoms with Crippen LogP contribution in [0.25, 0.3) is 11.1 Å². The number of aliphatic hydroxyl groups excluding tert-OH is 1. The molecule has 0 unspecified atom stereocenters. The second-order valence-corrected chi connectivity index (χ2v) is 7.81. The van der Waals surface area contributed by atoms with Gasteiger partial charge in [0.05, 0.1) is 6.61 Å². The molecule has 1 heterocycles. The SMILES string of the molecule is Cc1c(COc2ccc(Cn3oc(=O)[n-]c3=O)cc2)cccc1-c1cccc(OCCO)c1C.[Na+]. The summed E-state index contributed by atoms with van der Waals surface area (Å²) in [6.07, 6.45) is 0. The van der Waals surface area contributed by atoms with Gasteiger partial charge in [-0.25, -0.2) is 4.79 Å². The van der Waals surface area contributed by atoms with Gasteiger partial charge in [-0.1, -0.05) is 42.5 Å². The van der Waals surface area contributed by atoms with Gasteiger partial charge in [0, 0.05) is 6.54 Å². The summed E-state index contributed by atoms with van der Waals surface area (Å²) in [7, 11) is 0. The normalized spacial score (nSPS) is 10.6. The van der Waals surface area contributed by atoms with Crippen molar-refractivity contribution in [1.82, 2.24) is 9.72 Å². The number of benzene rings is 3. The maximum atomic E-state index is 11.5. The molecule has 0 radical (unpaired) electrons. The quantitative estimate of drug-likeness (QED) is 0.335. The Bertz CT molecular complexity index is 1390. The molecular formula is C26H25N2NaO6. The van der Waals surface area contributed by atoms with Gasteiger partial charge in [-0.2, -0.15) is 0 Å². The van der Waals surface area contributed by atoms with Crippen molar-refractivity contribution in [2.45, 2.75) is 27.0 Å². The second kappa shape index (κ2) is 12.1. The fourth-order valence-electron chi connectivity index (χ4n) is 3.76. The van der Waals surface area contributed by atoms with Gasteiger partial charge in [0.25, 0.3) is 0 Å². The molecule has 0 aliphatic carbocycles. The molecule has 4 aromatic rings. The molecule has 0 aliphatic heterocycles. The van der Waals surface area contributed by atoms with Crippen molar-refractivity contribution in [2.75, 3.05) is 13.2 Å². The third-order valence-electron chi connectivity index (χ3n) is 5.60. The number of aromatic nitrogens is 2. The summed E-state index contributed by atoms with van der Waals surface area (Å²) in [5.41, 5.74) is 5.42. The van der Waals surface area contributed by atoms with Gasteiger partial charge in [-0.15, -0.1) is 0 Å². The van der Waals surface area contributed by atoms with Gasteiger partial charge in [-0.3, -0.25) is 9.53 Å². The minimum atomic E-state index is -0.901. The fourth-order valence-corrected chi connectivity index (χ4v) is 3.76. The number of nitrogens with zero attached hydrogens (tertiary/aromatic N) is 2. The molecule has 1 aromatic heterocycles. The van der Waals surface area contributed by atoms with E-state index in [9.17, 15) is 9.59 Å². The smallest absolute Gasteiger partial charge is 0.491 e. The van der Waals surface area contributed by atoms with Crippen molar-refractivity contribution in [1.29, 1.82) is 0 Å². The first kappa shape index (κ1) is 26.6. The molecular weight excluding hydrogens is 459 g/mol. The molecule has 35 heavy (non-hydrogen) atoms. The number of hydrogen-bond acceptors (Lipinski definition) is 6. The Labute approximate surface area is 224 Å². The third-order valence-corrected chi connectivity index (χ3v) is 5.60. The van der Waals surface area contributed by atoms with Crippen molar-refractivity contribution in [3.63, 3.8) is 0 Å². The van der Waals surface area contributed by atoms with E-state index in [2.05, 4.69) is 24.0 Å². The van der Waals surface area contributed by atoms with Crippen LogP contribution in [0.2, 0.25) is 0 Å². The van der Waals surface area contributed by atoms with Crippen molar-refractivity contribution >= 4 is 0 Å². The van der Waals surface area contributed by atoms with Crippen LogP contribution in [0.3, 0.4) is 0 Å². The minimum absolute atomic E-state index is 0. The first-order valence-corrected chi connectivity index (χ1v) is 10.9. The van der Waals surface area contributed by atoms with Crippen LogP contribution < -0.4 is 55.5 Å². The summed E-state index contributed by atoms with van der Waals surface area (Å²) in [6.45, 7) is 4.81. The van der Waals surface area contributed by atoms with E-state index < -0.39 is 11.4 Å². The predicted molar refractivity (Wildman–Crippen MR) is 126 cm³/mol. The third kappa shape index (κ3) is 6.35. The van der Waals surface area contributed by atoms with Crippen molar-refractivity contribution in [3.05, 3.63) is 104 Å². The van der Waals surface area contributed by atoms with Crippen LogP contribution in [0.4, 0.5) is 0 Å². The monoisotopic (exact) mass is 484 g/mol. The van der Waals surface area contributed by atoms with Crippen molar-refractivity contribution in [3.8, 4) is 22.6 Å². The van der Waals surface area contributed by atoms with Crippen LogP contribution in [0.1, 0.15) is 22.3 Å². The molecule has 1 N–H and O–H groups in total. The zero-order valence-electron chi connectivity index (χ0n) is 20.0. The predicted octanol–water partition coefficient (Wildman–Crippen LogP) is 0.0449. The molecule has 0 saturated carbocycles. The number of ether oxygens (including phenoxy) is 2. The van der Waals surface area contributed by atoms with Crippen LogP contribution in [0.5, 0.6) is 11.5 Å². The molecule has 3 aromatic carbocycles. The Morgan fingerprint density at radius 1 is 0.914 bits per heavy atom. The Morgan fingerprint density at radius 2 is 1.60 bits per heavy atom. The standard InChI is InChI=1S/C26H26N2O6.Na/c1-17-20(5-3-6-22(17)23-7-4-8-24(18(23)2)32-14-13-29)16-33-21-11-9-19(10-12-21)15-28-25(30)27-26(31)34-28;/h3-12,29H,13-16H2,1-2H3,(H,27,30,31);/q;+1/p-1. The zero-order valence-corrected chi connectivity index (χ0v) is 22.0. The average molecular weight is 484 g/mol. The minimum Gasteiger partial charge on any atom is -0.491 e. The summed E-state index contributed by atoms with van der Waals surface area (Å²) in [5, 5.41) is 9.06. The Hall–Kier alpha value is -3.04. The van der Waals surface area contributed by atoms with Crippen LogP contribution >= 0.6 is 0 Å². The van der Waals surface area contributed by atoms with E-state index in [0.29, 0.717) is 12.4 Å².